The number of methoxy groups -OCH3 is 3. The molecule has 7 heteroatoms. The number of benzene rings is 2. The maximum absolute atomic E-state index is 6.26. The lowest BCUT2D eigenvalue weighted by Crippen LogP contribution is -2.19. The van der Waals surface area contributed by atoms with Crippen LogP contribution in [0.1, 0.15) is 11.1 Å². The molecule has 0 saturated carbocycles. The molecule has 0 aliphatic carbocycles. The lowest BCUT2D eigenvalue weighted by atomic mass is 10.1. The standard InChI is InChI=1S/C22H26ClN3O3/c1-26(2)22-15(13-24-12-14-8-6-7-9-17(14)23)10-16-18(25-22)11-19(27-3)21(29-5)20(16)28-4/h6-11,24H,12-13H2,1-5H3. The maximum atomic E-state index is 6.26. The highest BCUT2D eigenvalue weighted by molar-refractivity contribution is 6.31. The summed E-state index contributed by atoms with van der Waals surface area (Å²) in [6.07, 6.45) is 0. The van der Waals surface area contributed by atoms with Gasteiger partial charge in [0.2, 0.25) is 5.75 Å². The Morgan fingerprint density at radius 3 is 2.24 bits per heavy atom. The Balaban J connectivity index is 2.01. The fourth-order valence-corrected chi connectivity index (χ4v) is 3.52. The number of anilines is 1. The van der Waals surface area contributed by atoms with Crippen LogP contribution < -0.4 is 24.4 Å². The van der Waals surface area contributed by atoms with Crippen LogP contribution in [0.2, 0.25) is 5.02 Å². The number of rotatable bonds is 8. The van der Waals surface area contributed by atoms with Crippen molar-refractivity contribution >= 4 is 28.3 Å². The summed E-state index contributed by atoms with van der Waals surface area (Å²) in [5.74, 6) is 2.61. The second-order valence-corrected chi connectivity index (χ2v) is 7.18. The summed E-state index contributed by atoms with van der Waals surface area (Å²) in [6, 6.07) is 11.8. The van der Waals surface area contributed by atoms with E-state index in [-0.39, 0.29) is 0 Å². The molecule has 3 rings (SSSR count). The van der Waals surface area contributed by atoms with Crippen molar-refractivity contribution in [1.82, 2.24) is 10.3 Å². The lowest BCUT2D eigenvalue weighted by molar-refractivity contribution is 0.327. The SMILES string of the molecule is COc1cc2nc(N(C)C)c(CNCc3ccccc3Cl)cc2c(OC)c1OC. The normalized spacial score (nSPS) is 10.8. The Hall–Kier alpha value is -2.70. The van der Waals surface area contributed by atoms with Gasteiger partial charge in [-0.05, 0) is 17.7 Å². The van der Waals surface area contributed by atoms with Gasteiger partial charge in [-0.15, -0.1) is 0 Å². The van der Waals surface area contributed by atoms with Crippen LogP contribution in [-0.2, 0) is 13.1 Å². The fourth-order valence-electron chi connectivity index (χ4n) is 3.31. The molecule has 0 radical (unpaired) electrons. The quantitative estimate of drug-likeness (QED) is 0.593. The molecule has 3 aromatic rings. The monoisotopic (exact) mass is 415 g/mol. The van der Waals surface area contributed by atoms with Crippen molar-refractivity contribution in [2.45, 2.75) is 13.1 Å². The van der Waals surface area contributed by atoms with Crippen molar-refractivity contribution in [3.8, 4) is 17.2 Å². The van der Waals surface area contributed by atoms with Crippen LogP contribution in [0, 0.1) is 0 Å². The van der Waals surface area contributed by atoms with Crippen LogP contribution in [0.4, 0.5) is 5.82 Å². The lowest BCUT2D eigenvalue weighted by Gasteiger charge is -2.20. The van der Waals surface area contributed by atoms with E-state index in [9.17, 15) is 0 Å². The topological polar surface area (TPSA) is 55.9 Å². The molecule has 0 bridgehead atoms. The number of fused-ring (bicyclic) bond motifs is 1. The van der Waals surface area contributed by atoms with E-state index < -0.39 is 0 Å². The second kappa shape index (κ2) is 9.20. The second-order valence-electron chi connectivity index (χ2n) is 6.77. The summed E-state index contributed by atoms with van der Waals surface area (Å²) in [7, 11) is 8.77. The van der Waals surface area contributed by atoms with Crippen LogP contribution in [0.25, 0.3) is 10.9 Å². The number of nitrogens with one attached hydrogen (secondary N) is 1. The van der Waals surface area contributed by atoms with Gasteiger partial charge in [0.1, 0.15) is 5.82 Å². The van der Waals surface area contributed by atoms with Gasteiger partial charge in [0.05, 0.1) is 26.8 Å². The van der Waals surface area contributed by atoms with Crippen LogP contribution >= 0.6 is 11.6 Å². The Morgan fingerprint density at radius 1 is 0.931 bits per heavy atom. The molecule has 0 fully saturated rings. The van der Waals surface area contributed by atoms with Crippen LogP contribution in [0.3, 0.4) is 0 Å². The fraction of sp³-hybridized carbons (Fsp3) is 0.318. The zero-order chi connectivity index (χ0) is 21.0. The van der Waals surface area contributed by atoms with Crippen molar-refractivity contribution < 1.29 is 14.2 Å². The first-order chi connectivity index (χ1) is 14.0. The summed E-state index contributed by atoms with van der Waals surface area (Å²) in [5, 5.41) is 5.08. The Labute approximate surface area is 176 Å². The molecular weight excluding hydrogens is 390 g/mol. The van der Waals surface area contributed by atoms with E-state index in [2.05, 4.69) is 11.4 Å². The molecule has 1 aromatic heterocycles. The number of pyridine rings is 1. The molecule has 0 saturated heterocycles. The molecule has 6 nitrogen and oxygen atoms in total. The van der Waals surface area contributed by atoms with Gasteiger partial charge in [-0.3, -0.25) is 0 Å². The Kier molecular flexibility index (Phi) is 6.67. The molecule has 2 aromatic carbocycles. The van der Waals surface area contributed by atoms with E-state index in [1.807, 2.05) is 49.3 Å². The number of hydrogen-bond donors (Lipinski definition) is 1. The van der Waals surface area contributed by atoms with Gasteiger partial charge >= 0.3 is 0 Å². The summed E-state index contributed by atoms with van der Waals surface area (Å²) >= 11 is 6.26. The minimum Gasteiger partial charge on any atom is -0.493 e. The molecule has 0 unspecified atom stereocenters. The summed E-state index contributed by atoms with van der Waals surface area (Å²) in [6.45, 7) is 1.28. The molecule has 1 heterocycles. The molecule has 29 heavy (non-hydrogen) atoms. The number of nitrogens with zero attached hydrogens (tertiary/aromatic N) is 2. The average molecular weight is 416 g/mol. The van der Waals surface area contributed by atoms with Crippen molar-refractivity contribution in [1.29, 1.82) is 0 Å². The number of halogens is 1. The Bertz CT molecular complexity index is 1010. The predicted octanol–water partition coefficient (Wildman–Crippen LogP) is 4.27. The highest BCUT2D eigenvalue weighted by Gasteiger charge is 2.19. The van der Waals surface area contributed by atoms with Crippen molar-refractivity contribution in [2.75, 3.05) is 40.3 Å². The van der Waals surface area contributed by atoms with E-state index in [4.69, 9.17) is 30.8 Å². The first-order valence-electron chi connectivity index (χ1n) is 9.24. The first kappa shape index (κ1) is 21.0. The average Bonchev–Trinajstić information content (AvgIpc) is 2.72. The van der Waals surface area contributed by atoms with Gasteiger partial charge in [0, 0.05) is 49.2 Å². The third kappa shape index (κ3) is 4.33. The van der Waals surface area contributed by atoms with Gasteiger partial charge < -0.3 is 24.4 Å². The van der Waals surface area contributed by atoms with Crippen molar-refractivity contribution in [3.05, 3.63) is 52.5 Å². The number of aromatic nitrogens is 1. The highest BCUT2D eigenvalue weighted by atomic mass is 35.5. The molecule has 0 aliphatic rings. The van der Waals surface area contributed by atoms with E-state index in [1.54, 1.807) is 21.3 Å². The van der Waals surface area contributed by atoms with Gasteiger partial charge in [0.15, 0.2) is 11.5 Å². The van der Waals surface area contributed by atoms with Crippen molar-refractivity contribution in [2.24, 2.45) is 0 Å². The molecule has 0 aliphatic heterocycles. The molecule has 154 valence electrons. The van der Waals surface area contributed by atoms with Crippen LogP contribution in [0.5, 0.6) is 17.2 Å². The van der Waals surface area contributed by atoms with Gasteiger partial charge in [-0.25, -0.2) is 4.98 Å². The smallest absolute Gasteiger partial charge is 0.204 e. The third-order valence-corrected chi connectivity index (χ3v) is 5.06. The Morgan fingerprint density at radius 2 is 1.62 bits per heavy atom. The number of ether oxygens (including phenoxy) is 3. The summed E-state index contributed by atoms with van der Waals surface area (Å²) in [5.41, 5.74) is 2.87. The first-order valence-corrected chi connectivity index (χ1v) is 9.62. The number of hydrogen-bond acceptors (Lipinski definition) is 6. The molecular formula is C22H26ClN3O3. The largest absolute Gasteiger partial charge is 0.493 e. The molecule has 0 atom stereocenters. The molecule has 0 amide bonds. The van der Waals surface area contributed by atoms with Crippen LogP contribution in [0.15, 0.2) is 36.4 Å². The van der Waals surface area contributed by atoms with E-state index in [1.165, 1.54) is 0 Å². The van der Waals surface area contributed by atoms with E-state index >= 15 is 0 Å². The minimum atomic E-state index is 0.553. The third-order valence-electron chi connectivity index (χ3n) is 4.69. The zero-order valence-corrected chi connectivity index (χ0v) is 18.1. The van der Waals surface area contributed by atoms with E-state index in [0.717, 1.165) is 32.9 Å². The molecule has 0 spiro atoms. The van der Waals surface area contributed by atoms with Crippen LogP contribution in [-0.4, -0.2) is 40.4 Å². The van der Waals surface area contributed by atoms with Gasteiger partial charge in [-0.1, -0.05) is 29.8 Å². The minimum absolute atomic E-state index is 0.553. The van der Waals surface area contributed by atoms with E-state index in [0.29, 0.717) is 30.3 Å². The summed E-state index contributed by atoms with van der Waals surface area (Å²) < 4.78 is 16.6. The maximum Gasteiger partial charge on any atom is 0.204 e. The van der Waals surface area contributed by atoms with Gasteiger partial charge in [-0.2, -0.15) is 0 Å². The molecule has 1 N–H and O–H groups in total. The van der Waals surface area contributed by atoms with Gasteiger partial charge in [0.25, 0.3) is 0 Å². The summed E-state index contributed by atoms with van der Waals surface area (Å²) in [4.78, 5) is 6.85. The zero-order valence-electron chi connectivity index (χ0n) is 17.4. The van der Waals surface area contributed by atoms with Crippen molar-refractivity contribution in [3.63, 3.8) is 0 Å². The highest BCUT2D eigenvalue weighted by Crippen LogP contribution is 2.43. The predicted molar refractivity (Wildman–Crippen MR) is 118 cm³/mol.